The van der Waals surface area contributed by atoms with Crippen LogP contribution in [0.3, 0.4) is 0 Å². The van der Waals surface area contributed by atoms with E-state index in [2.05, 4.69) is 15.9 Å². The predicted octanol–water partition coefficient (Wildman–Crippen LogP) is 3.22. The molecule has 0 unspecified atom stereocenters. The average molecular weight is 320 g/mol. The van der Waals surface area contributed by atoms with Crippen LogP contribution >= 0.6 is 15.9 Å². The van der Waals surface area contributed by atoms with Gasteiger partial charge in [-0.1, -0.05) is 48.0 Å². The molecule has 1 amide bonds. The fraction of sp³-hybridized carbons (Fsp3) is 0.929. The summed E-state index contributed by atoms with van der Waals surface area (Å²) >= 11 is 3.31. The number of hydrogen-bond donors (Lipinski definition) is 0. The Morgan fingerprint density at radius 2 is 2.00 bits per heavy atom. The Bertz CT molecular complexity index is 230. The number of carbonyl (C=O) groups is 1. The van der Waals surface area contributed by atoms with Gasteiger partial charge in [-0.3, -0.25) is 4.79 Å². The lowest BCUT2D eigenvalue weighted by molar-refractivity contribution is -0.130. The minimum atomic E-state index is 0.267. The Balaban J connectivity index is 2.07. The number of ether oxygens (including phenoxy) is 1. The van der Waals surface area contributed by atoms with E-state index >= 15 is 0 Å². The summed E-state index contributed by atoms with van der Waals surface area (Å²) in [5.74, 6) is 1.06. The van der Waals surface area contributed by atoms with Gasteiger partial charge in [0.15, 0.2) is 0 Å². The molecule has 1 fully saturated rings. The highest BCUT2D eigenvalue weighted by Gasteiger charge is 2.16. The van der Waals surface area contributed by atoms with Crippen molar-refractivity contribution >= 4 is 21.8 Å². The minimum Gasteiger partial charge on any atom is -0.379 e. The fourth-order valence-corrected chi connectivity index (χ4v) is 2.71. The molecule has 1 aliphatic carbocycles. The molecule has 0 heterocycles. The van der Waals surface area contributed by atoms with Gasteiger partial charge < -0.3 is 9.64 Å². The second kappa shape index (κ2) is 9.79. The molecule has 0 atom stereocenters. The lowest BCUT2D eigenvalue weighted by Gasteiger charge is -2.23. The first-order chi connectivity index (χ1) is 8.74. The normalized spacial score (nSPS) is 16.8. The molecule has 0 aromatic heterocycles. The summed E-state index contributed by atoms with van der Waals surface area (Å²) in [7, 11) is 1.88. The molecule has 0 N–H and O–H groups in total. The van der Waals surface area contributed by atoms with Crippen molar-refractivity contribution in [2.45, 2.75) is 44.9 Å². The summed E-state index contributed by atoms with van der Waals surface area (Å²) in [6.45, 7) is 2.05. The van der Waals surface area contributed by atoms with Crippen molar-refractivity contribution in [3.05, 3.63) is 0 Å². The Morgan fingerprint density at radius 1 is 1.28 bits per heavy atom. The van der Waals surface area contributed by atoms with Gasteiger partial charge in [-0.25, -0.2) is 0 Å². The molecule has 1 saturated carbocycles. The molecular formula is C14H26BrNO2. The van der Waals surface area contributed by atoms with Gasteiger partial charge in [0.2, 0.25) is 5.91 Å². The number of rotatable bonds is 8. The van der Waals surface area contributed by atoms with E-state index in [4.69, 9.17) is 4.74 Å². The first-order valence-corrected chi connectivity index (χ1v) is 8.24. The minimum absolute atomic E-state index is 0.267. The van der Waals surface area contributed by atoms with E-state index in [1.165, 1.54) is 32.1 Å². The van der Waals surface area contributed by atoms with Crippen LogP contribution in [0.15, 0.2) is 0 Å². The van der Waals surface area contributed by atoms with Crippen molar-refractivity contribution in [1.82, 2.24) is 4.90 Å². The quantitative estimate of drug-likeness (QED) is 0.508. The van der Waals surface area contributed by atoms with Crippen molar-refractivity contribution in [2.24, 2.45) is 5.92 Å². The summed E-state index contributed by atoms with van der Waals surface area (Å²) in [6, 6.07) is 0. The largest absolute Gasteiger partial charge is 0.379 e. The Labute approximate surface area is 119 Å². The van der Waals surface area contributed by atoms with Crippen molar-refractivity contribution in [3.63, 3.8) is 0 Å². The molecule has 1 rings (SSSR count). The zero-order chi connectivity index (χ0) is 13.2. The highest BCUT2D eigenvalue weighted by molar-refractivity contribution is 9.09. The molecular weight excluding hydrogens is 294 g/mol. The van der Waals surface area contributed by atoms with Crippen LogP contribution in [0, 0.1) is 5.92 Å². The van der Waals surface area contributed by atoms with Crippen LogP contribution in [-0.2, 0) is 9.53 Å². The van der Waals surface area contributed by atoms with E-state index in [-0.39, 0.29) is 5.91 Å². The van der Waals surface area contributed by atoms with Gasteiger partial charge in [0.05, 0.1) is 13.2 Å². The number of nitrogens with zero attached hydrogens (tertiary/aromatic N) is 1. The van der Waals surface area contributed by atoms with Crippen LogP contribution in [0.4, 0.5) is 0 Å². The summed E-state index contributed by atoms with van der Waals surface area (Å²) in [4.78, 5) is 13.7. The van der Waals surface area contributed by atoms with E-state index in [1.54, 1.807) is 4.90 Å². The molecule has 0 radical (unpaired) electrons. The number of halogens is 1. The molecule has 0 aromatic rings. The zero-order valence-electron chi connectivity index (χ0n) is 11.5. The SMILES string of the molecule is CN(CCOCCBr)C(=O)CCC1CCCCC1. The summed E-state index contributed by atoms with van der Waals surface area (Å²) in [5, 5.41) is 0.854. The molecule has 0 bridgehead atoms. The fourth-order valence-electron chi connectivity index (χ4n) is 2.48. The highest BCUT2D eigenvalue weighted by atomic mass is 79.9. The lowest BCUT2D eigenvalue weighted by Crippen LogP contribution is -2.30. The van der Waals surface area contributed by atoms with E-state index < -0.39 is 0 Å². The summed E-state index contributed by atoms with van der Waals surface area (Å²) < 4.78 is 5.36. The second-order valence-corrected chi connectivity index (χ2v) is 5.95. The summed E-state index contributed by atoms with van der Waals surface area (Å²) in [5.41, 5.74) is 0. The van der Waals surface area contributed by atoms with Crippen LogP contribution in [0.1, 0.15) is 44.9 Å². The van der Waals surface area contributed by atoms with Crippen molar-refractivity contribution in [2.75, 3.05) is 32.1 Å². The summed E-state index contributed by atoms with van der Waals surface area (Å²) in [6.07, 6.45) is 8.53. The molecule has 0 saturated heterocycles. The number of carbonyl (C=O) groups excluding carboxylic acids is 1. The number of hydrogen-bond acceptors (Lipinski definition) is 2. The topological polar surface area (TPSA) is 29.5 Å². The van der Waals surface area contributed by atoms with Gasteiger partial charge in [-0.15, -0.1) is 0 Å². The number of likely N-dealkylation sites (N-methyl/N-ethyl adjacent to an activating group) is 1. The first-order valence-electron chi connectivity index (χ1n) is 7.11. The van der Waals surface area contributed by atoms with Crippen LogP contribution in [0.25, 0.3) is 0 Å². The maximum absolute atomic E-state index is 11.9. The molecule has 0 spiro atoms. The standard InChI is InChI=1S/C14H26BrNO2/c1-16(10-12-18-11-9-15)14(17)8-7-13-5-3-2-4-6-13/h13H,2-12H2,1H3. The zero-order valence-corrected chi connectivity index (χ0v) is 13.1. The number of alkyl halides is 1. The molecule has 0 aromatic carbocycles. The average Bonchev–Trinajstić information content (AvgIpc) is 2.42. The molecule has 0 aliphatic heterocycles. The maximum Gasteiger partial charge on any atom is 0.222 e. The Kier molecular flexibility index (Phi) is 8.68. The van der Waals surface area contributed by atoms with Crippen molar-refractivity contribution in [1.29, 1.82) is 0 Å². The van der Waals surface area contributed by atoms with Crippen molar-refractivity contribution < 1.29 is 9.53 Å². The number of amides is 1. The maximum atomic E-state index is 11.9. The van der Waals surface area contributed by atoms with Gasteiger partial charge in [-0.2, -0.15) is 0 Å². The lowest BCUT2D eigenvalue weighted by atomic mass is 9.86. The third-order valence-electron chi connectivity index (χ3n) is 3.71. The third kappa shape index (κ3) is 6.74. The van der Waals surface area contributed by atoms with Gasteiger partial charge >= 0.3 is 0 Å². The highest BCUT2D eigenvalue weighted by Crippen LogP contribution is 2.27. The molecule has 1 aliphatic rings. The van der Waals surface area contributed by atoms with E-state index in [9.17, 15) is 4.79 Å². The van der Waals surface area contributed by atoms with Gasteiger partial charge in [0.1, 0.15) is 0 Å². The van der Waals surface area contributed by atoms with Gasteiger partial charge in [0.25, 0.3) is 0 Å². The van der Waals surface area contributed by atoms with Gasteiger partial charge in [0, 0.05) is 25.3 Å². The van der Waals surface area contributed by atoms with Crippen LogP contribution < -0.4 is 0 Å². The predicted molar refractivity (Wildman–Crippen MR) is 78.1 cm³/mol. The van der Waals surface area contributed by atoms with E-state index in [1.807, 2.05) is 7.05 Å². The smallest absolute Gasteiger partial charge is 0.222 e. The Morgan fingerprint density at radius 3 is 2.67 bits per heavy atom. The van der Waals surface area contributed by atoms with Crippen LogP contribution in [0.2, 0.25) is 0 Å². The Hall–Kier alpha value is -0.0900. The van der Waals surface area contributed by atoms with Crippen molar-refractivity contribution in [3.8, 4) is 0 Å². The third-order valence-corrected chi connectivity index (χ3v) is 4.03. The first kappa shape index (κ1) is 16.0. The van der Waals surface area contributed by atoms with E-state index in [0.717, 1.165) is 17.7 Å². The van der Waals surface area contributed by atoms with Crippen LogP contribution in [0.5, 0.6) is 0 Å². The molecule has 4 heteroatoms. The monoisotopic (exact) mass is 319 g/mol. The van der Waals surface area contributed by atoms with Gasteiger partial charge in [-0.05, 0) is 12.3 Å². The molecule has 18 heavy (non-hydrogen) atoms. The molecule has 3 nitrogen and oxygen atoms in total. The second-order valence-electron chi connectivity index (χ2n) is 5.16. The molecule has 106 valence electrons. The van der Waals surface area contributed by atoms with Crippen LogP contribution in [-0.4, -0.2) is 42.9 Å². The van der Waals surface area contributed by atoms with E-state index in [0.29, 0.717) is 26.2 Å².